The van der Waals surface area contributed by atoms with E-state index in [-0.39, 0.29) is 19.1 Å². The quantitative estimate of drug-likeness (QED) is 0.642. The summed E-state index contributed by atoms with van der Waals surface area (Å²) in [5, 5.41) is 23.1. The standard InChI is InChI=1S/C29H41N3O4/c1-22-5-8-26(9-6-22)31-13-11-28(34,12-14-31)18-30-15-16-32(25(4)33)20-29(35,19-30)21-36-27-10-7-23(2)24(3)17-27/h5-10,17,34-35H,11-16,18-21H2,1-4H3/t29-/m0/s1. The number of anilines is 1. The third-order valence-electron chi connectivity index (χ3n) is 7.73. The molecule has 1 amide bonds. The summed E-state index contributed by atoms with van der Waals surface area (Å²) in [7, 11) is 0. The van der Waals surface area contributed by atoms with Crippen molar-refractivity contribution in [3.63, 3.8) is 0 Å². The second kappa shape index (κ2) is 10.8. The lowest BCUT2D eigenvalue weighted by atomic mass is 9.90. The number of carbonyl (C=O) groups excluding carboxylic acids is 1. The van der Waals surface area contributed by atoms with Crippen LogP contribution in [0.3, 0.4) is 0 Å². The maximum atomic E-state index is 12.2. The first kappa shape index (κ1) is 26.5. The van der Waals surface area contributed by atoms with Crippen LogP contribution in [0.15, 0.2) is 42.5 Å². The van der Waals surface area contributed by atoms with E-state index in [2.05, 4.69) is 47.9 Å². The molecule has 0 saturated carbocycles. The molecule has 2 aromatic rings. The van der Waals surface area contributed by atoms with E-state index in [0.717, 1.165) is 18.7 Å². The molecule has 7 nitrogen and oxygen atoms in total. The summed E-state index contributed by atoms with van der Waals surface area (Å²) in [5.41, 5.74) is 2.68. The number of piperidine rings is 1. The first-order chi connectivity index (χ1) is 17.0. The van der Waals surface area contributed by atoms with Gasteiger partial charge in [-0.05, 0) is 69.0 Å². The maximum Gasteiger partial charge on any atom is 0.219 e. The molecule has 0 aromatic heterocycles. The summed E-state index contributed by atoms with van der Waals surface area (Å²) in [6.07, 6.45) is 1.32. The number of nitrogens with zero attached hydrogens (tertiary/aromatic N) is 3. The highest BCUT2D eigenvalue weighted by Crippen LogP contribution is 2.29. The van der Waals surface area contributed by atoms with Gasteiger partial charge in [0, 0.05) is 51.9 Å². The average Bonchev–Trinajstić information content (AvgIpc) is 3.00. The Morgan fingerprint density at radius 2 is 1.58 bits per heavy atom. The molecule has 2 heterocycles. The molecule has 2 saturated heterocycles. The number of aryl methyl sites for hydroxylation is 3. The smallest absolute Gasteiger partial charge is 0.219 e. The van der Waals surface area contributed by atoms with Crippen molar-refractivity contribution in [2.45, 2.75) is 51.7 Å². The predicted octanol–water partition coefficient (Wildman–Crippen LogP) is 2.92. The van der Waals surface area contributed by atoms with Crippen LogP contribution in [0.2, 0.25) is 0 Å². The summed E-state index contributed by atoms with van der Waals surface area (Å²) >= 11 is 0. The molecular weight excluding hydrogens is 454 g/mol. The molecule has 7 heteroatoms. The van der Waals surface area contributed by atoms with Crippen LogP contribution in [0.4, 0.5) is 5.69 Å². The van der Waals surface area contributed by atoms with E-state index in [1.165, 1.54) is 23.7 Å². The van der Waals surface area contributed by atoms with Crippen LogP contribution in [0.5, 0.6) is 5.75 Å². The minimum absolute atomic E-state index is 0.0634. The molecule has 196 valence electrons. The monoisotopic (exact) mass is 495 g/mol. The summed E-state index contributed by atoms with van der Waals surface area (Å²) in [6, 6.07) is 14.4. The number of rotatable bonds is 6. The van der Waals surface area contributed by atoms with Crippen molar-refractivity contribution in [2.75, 3.05) is 57.3 Å². The molecule has 2 aliphatic rings. The van der Waals surface area contributed by atoms with Crippen molar-refractivity contribution >= 4 is 11.6 Å². The van der Waals surface area contributed by atoms with Crippen LogP contribution in [0.25, 0.3) is 0 Å². The molecule has 0 spiro atoms. The molecule has 1 atom stereocenters. The van der Waals surface area contributed by atoms with Crippen LogP contribution < -0.4 is 9.64 Å². The van der Waals surface area contributed by atoms with Crippen molar-refractivity contribution in [3.05, 3.63) is 59.2 Å². The Kier molecular flexibility index (Phi) is 7.93. The van der Waals surface area contributed by atoms with Crippen LogP contribution in [0, 0.1) is 20.8 Å². The van der Waals surface area contributed by atoms with Gasteiger partial charge in [-0.2, -0.15) is 0 Å². The largest absolute Gasteiger partial charge is 0.490 e. The number of carbonyl (C=O) groups is 1. The molecule has 0 aliphatic carbocycles. The lowest BCUT2D eigenvalue weighted by molar-refractivity contribution is -0.132. The van der Waals surface area contributed by atoms with Crippen molar-refractivity contribution in [2.24, 2.45) is 0 Å². The van der Waals surface area contributed by atoms with Gasteiger partial charge in [-0.15, -0.1) is 0 Å². The fraction of sp³-hybridized carbons (Fsp3) is 0.552. The Morgan fingerprint density at radius 3 is 2.22 bits per heavy atom. The molecule has 0 bridgehead atoms. The summed E-state index contributed by atoms with van der Waals surface area (Å²) in [6.45, 7) is 11.5. The zero-order chi connectivity index (χ0) is 25.9. The summed E-state index contributed by atoms with van der Waals surface area (Å²) in [5.74, 6) is 0.644. The molecule has 2 fully saturated rings. The van der Waals surface area contributed by atoms with Gasteiger partial charge in [0.2, 0.25) is 5.91 Å². The van der Waals surface area contributed by atoms with Gasteiger partial charge in [0.1, 0.15) is 18.0 Å². The molecule has 2 aromatic carbocycles. The van der Waals surface area contributed by atoms with Crippen LogP contribution in [0.1, 0.15) is 36.5 Å². The molecular formula is C29H41N3O4. The van der Waals surface area contributed by atoms with Crippen molar-refractivity contribution in [1.29, 1.82) is 0 Å². The number of ether oxygens (including phenoxy) is 1. The minimum Gasteiger partial charge on any atom is -0.490 e. The lowest BCUT2D eigenvalue weighted by Gasteiger charge is -2.42. The third kappa shape index (κ3) is 6.58. The highest BCUT2D eigenvalue weighted by molar-refractivity contribution is 5.73. The molecule has 36 heavy (non-hydrogen) atoms. The van der Waals surface area contributed by atoms with E-state index in [1.807, 2.05) is 25.1 Å². The Balaban J connectivity index is 1.41. The second-order valence-electron chi connectivity index (χ2n) is 11.0. The van der Waals surface area contributed by atoms with E-state index in [0.29, 0.717) is 44.8 Å². The zero-order valence-corrected chi connectivity index (χ0v) is 22.2. The topological polar surface area (TPSA) is 76.5 Å². The van der Waals surface area contributed by atoms with E-state index < -0.39 is 11.2 Å². The van der Waals surface area contributed by atoms with Gasteiger partial charge in [0.25, 0.3) is 0 Å². The number of hydrogen-bond donors (Lipinski definition) is 2. The van der Waals surface area contributed by atoms with E-state index in [9.17, 15) is 15.0 Å². The van der Waals surface area contributed by atoms with E-state index in [1.54, 1.807) is 4.90 Å². The fourth-order valence-corrected chi connectivity index (χ4v) is 5.27. The molecule has 0 unspecified atom stereocenters. The van der Waals surface area contributed by atoms with Gasteiger partial charge < -0.3 is 24.7 Å². The van der Waals surface area contributed by atoms with E-state index in [4.69, 9.17) is 4.74 Å². The highest BCUT2D eigenvalue weighted by Gasteiger charge is 2.40. The Hall–Kier alpha value is -2.61. The molecule has 2 aliphatic heterocycles. The number of hydrogen-bond acceptors (Lipinski definition) is 6. The first-order valence-electron chi connectivity index (χ1n) is 13.0. The normalized spacial score (nSPS) is 22.8. The van der Waals surface area contributed by atoms with Gasteiger partial charge in [-0.3, -0.25) is 9.69 Å². The molecule has 2 N–H and O–H groups in total. The summed E-state index contributed by atoms with van der Waals surface area (Å²) in [4.78, 5) is 18.4. The van der Waals surface area contributed by atoms with Crippen LogP contribution in [-0.2, 0) is 4.79 Å². The van der Waals surface area contributed by atoms with Crippen molar-refractivity contribution in [3.8, 4) is 5.75 Å². The Bertz CT molecular complexity index is 1050. The molecule has 0 radical (unpaired) electrons. The number of β-amino-alcohol motifs (C(OH)–C–C–N with tert-alkyl or cyclic N) is 2. The van der Waals surface area contributed by atoms with Gasteiger partial charge in [-0.1, -0.05) is 23.8 Å². The summed E-state index contributed by atoms with van der Waals surface area (Å²) < 4.78 is 6.02. The lowest BCUT2D eigenvalue weighted by Crippen LogP contribution is -2.55. The van der Waals surface area contributed by atoms with Crippen LogP contribution >= 0.6 is 0 Å². The third-order valence-corrected chi connectivity index (χ3v) is 7.73. The van der Waals surface area contributed by atoms with Gasteiger partial charge in [-0.25, -0.2) is 0 Å². The second-order valence-corrected chi connectivity index (χ2v) is 11.0. The number of benzene rings is 2. The minimum atomic E-state index is -1.24. The van der Waals surface area contributed by atoms with Crippen molar-refractivity contribution < 1.29 is 19.7 Å². The van der Waals surface area contributed by atoms with Crippen molar-refractivity contribution in [1.82, 2.24) is 9.80 Å². The van der Waals surface area contributed by atoms with Gasteiger partial charge in [0.05, 0.1) is 12.1 Å². The predicted molar refractivity (Wildman–Crippen MR) is 143 cm³/mol. The van der Waals surface area contributed by atoms with Gasteiger partial charge in [0.15, 0.2) is 0 Å². The maximum absolute atomic E-state index is 12.2. The zero-order valence-electron chi connectivity index (χ0n) is 22.2. The SMILES string of the molecule is CC(=O)N1CCN(CC2(O)CCN(c3ccc(C)cc3)CC2)C[C@@](O)(COc2ccc(C)c(C)c2)C1. The Morgan fingerprint density at radius 1 is 0.889 bits per heavy atom. The molecule has 4 rings (SSSR count). The highest BCUT2D eigenvalue weighted by atomic mass is 16.5. The first-order valence-corrected chi connectivity index (χ1v) is 13.0. The number of aliphatic hydroxyl groups is 2. The van der Waals surface area contributed by atoms with E-state index >= 15 is 0 Å². The van der Waals surface area contributed by atoms with Gasteiger partial charge >= 0.3 is 0 Å². The fourth-order valence-electron chi connectivity index (χ4n) is 5.27. The Labute approximate surface area is 215 Å². The number of amides is 1. The average molecular weight is 496 g/mol. The van der Waals surface area contributed by atoms with Crippen LogP contribution in [-0.4, -0.2) is 89.5 Å².